The van der Waals surface area contributed by atoms with Crippen molar-refractivity contribution in [3.05, 3.63) is 29.3 Å². The third-order valence-electron chi connectivity index (χ3n) is 3.54. The molecule has 1 saturated heterocycles. The van der Waals surface area contributed by atoms with Crippen molar-refractivity contribution >= 4 is 17.5 Å². The molecular formula is C15H21ClN2O2. The quantitative estimate of drug-likeness (QED) is 0.854. The van der Waals surface area contributed by atoms with E-state index in [1.807, 2.05) is 24.0 Å². The molecule has 0 aromatic heterocycles. The third-order valence-corrected chi connectivity index (χ3v) is 3.77. The van der Waals surface area contributed by atoms with Gasteiger partial charge in [0.1, 0.15) is 5.75 Å². The number of benzene rings is 1. The van der Waals surface area contributed by atoms with Gasteiger partial charge in [0.25, 0.3) is 5.91 Å². The normalized spacial score (nSPS) is 17.9. The van der Waals surface area contributed by atoms with Gasteiger partial charge in [-0.15, -0.1) is 0 Å². The van der Waals surface area contributed by atoms with Crippen LogP contribution in [0.25, 0.3) is 0 Å². The summed E-state index contributed by atoms with van der Waals surface area (Å²) in [7, 11) is 2.07. The van der Waals surface area contributed by atoms with E-state index in [9.17, 15) is 4.79 Å². The summed E-state index contributed by atoms with van der Waals surface area (Å²) in [4.78, 5) is 16.6. The largest absolute Gasteiger partial charge is 0.481 e. The van der Waals surface area contributed by atoms with Gasteiger partial charge in [0.2, 0.25) is 0 Å². The standard InChI is InChI=1S/C15H21ClN2O2/c1-3-14(20-13-6-4-5-12(16)11-13)15(19)18-9-7-17(2)8-10-18/h4-6,11,14H,3,7-10H2,1-2H3/t14-/m0/s1. The lowest BCUT2D eigenvalue weighted by molar-refractivity contribution is -0.140. The second kappa shape index (κ2) is 6.95. The van der Waals surface area contributed by atoms with Gasteiger partial charge in [-0.2, -0.15) is 0 Å². The fourth-order valence-corrected chi connectivity index (χ4v) is 2.42. The van der Waals surface area contributed by atoms with E-state index in [0.29, 0.717) is 17.2 Å². The van der Waals surface area contributed by atoms with Crippen LogP contribution in [0.5, 0.6) is 5.75 Å². The summed E-state index contributed by atoms with van der Waals surface area (Å²) >= 11 is 5.93. The molecule has 1 aliphatic heterocycles. The predicted molar refractivity (Wildman–Crippen MR) is 80.2 cm³/mol. The van der Waals surface area contributed by atoms with Gasteiger partial charge >= 0.3 is 0 Å². The first kappa shape index (κ1) is 15.1. The van der Waals surface area contributed by atoms with Crippen LogP contribution in [0.4, 0.5) is 0 Å². The fraction of sp³-hybridized carbons (Fsp3) is 0.533. The van der Waals surface area contributed by atoms with Crippen LogP contribution in [-0.4, -0.2) is 55.0 Å². The Kier molecular flexibility index (Phi) is 5.26. The molecule has 0 saturated carbocycles. The average Bonchev–Trinajstić information content (AvgIpc) is 2.45. The molecule has 0 unspecified atom stereocenters. The number of nitrogens with zero attached hydrogens (tertiary/aromatic N) is 2. The first-order valence-corrected chi connectivity index (χ1v) is 7.37. The maximum atomic E-state index is 12.5. The van der Waals surface area contributed by atoms with Crippen molar-refractivity contribution in [2.24, 2.45) is 0 Å². The highest BCUT2D eigenvalue weighted by Crippen LogP contribution is 2.20. The van der Waals surface area contributed by atoms with Crippen LogP contribution in [0.1, 0.15) is 13.3 Å². The zero-order valence-corrected chi connectivity index (χ0v) is 12.8. The minimum Gasteiger partial charge on any atom is -0.481 e. The molecule has 20 heavy (non-hydrogen) atoms. The summed E-state index contributed by atoms with van der Waals surface area (Å²) in [6, 6.07) is 7.18. The van der Waals surface area contributed by atoms with Crippen LogP contribution < -0.4 is 4.74 Å². The molecule has 1 heterocycles. The fourth-order valence-electron chi connectivity index (χ4n) is 2.24. The van der Waals surface area contributed by atoms with E-state index < -0.39 is 6.10 Å². The van der Waals surface area contributed by atoms with Crippen LogP contribution >= 0.6 is 11.6 Å². The molecule has 0 N–H and O–H groups in total. The van der Waals surface area contributed by atoms with Crippen LogP contribution in [0, 0.1) is 0 Å². The van der Waals surface area contributed by atoms with Crippen LogP contribution in [0.3, 0.4) is 0 Å². The first-order valence-electron chi connectivity index (χ1n) is 6.99. The van der Waals surface area contributed by atoms with Gasteiger partial charge in [-0.3, -0.25) is 4.79 Å². The lowest BCUT2D eigenvalue weighted by Gasteiger charge is -2.34. The molecule has 1 atom stereocenters. The summed E-state index contributed by atoms with van der Waals surface area (Å²) in [5.74, 6) is 0.715. The molecule has 1 aromatic carbocycles. The second-order valence-corrected chi connectivity index (χ2v) is 5.54. The highest BCUT2D eigenvalue weighted by atomic mass is 35.5. The van der Waals surface area contributed by atoms with Gasteiger partial charge in [0.05, 0.1) is 0 Å². The highest BCUT2D eigenvalue weighted by Gasteiger charge is 2.26. The van der Waals surface area contributed by atoms with Crippen molar-refractivity contribution in [2.45, 2.75) is 19.4 Å². The van der Waals surface area contributed by atoms with E-state index in [4.69, 9.17) is 16.3 Å². The summed E-state index contributed by atoms with van der Waals surface area (Å²) in [6.45, 7) is 5.33. The van der Waals surface area contributed by atoms with E-state index in [0.717, 1.165) is 26.2 Å². The topological polar surface area (TPSA) is 32.8 Å². The van der Waals surface area contributed by atoms with Gasteiger partial charge < -0.3 is 14.5 Å². The summed E-state index contributed by atoms with van der Waals surface area (Å²) < 4.78 is 5.80. The number of likely N-dealkylation sites (N-methyl/N-ethyl adjacent to an activating group) is 1. The number of halogens is 1. The van der Waals surface area contributed by atoms with Gasteiger partial charge in [-0.05, 0) is 31.7 Å². The van der Waals surface area contributed by atoms with Crippen molar-refractivity contribution in [2.75, 3.05) is 33.2 Å². The van der Waals surface area contributed by atoms with Crippen molar-refractivity contribution in [3.8, 4) is 5.75 Å². The molecule has 0 spiro atoms. The van der Waals surface area contributed by atoms with Crippen molar-refractivity contribution in [1.29, 1.82) is 0 Å². The molecule has 2 rings (SSSR count). The molecule has 1 amide bonds. The van der Waals surface area contributed by atoms with Crippen molar-refractivity contribution in [1.82, 2.24) is 9.80 Å². The molecule has 0 aliphatic carbocycles. The van der Waals surface area contributed by atoms with E-state index in [1.54, 1.807) is 12.1 Å². The first-order chi connectivity index (χ1) is 9.60. The van der Waals surface area contributed by atoms with E-state index in [1.165, 1.54) is 0 Å². The Morgan fingerprint density at radius 3 is 2.65 bits per heavy atom. The lowest BCUT2D eigenvalue weighted by Crippen LogP contribution is -2.51. The van der Waals surface area contributed by atoms with Gasteiger partial charge in [-0.25, -0.2) is 0 Å². The minimum atomic E-state index is -0.433. The highest BCUT2D eigenvalue weighted by molar-refractivity contribution is 6.30. The molecule has 110 valence electrons. The van der Waals surface area contributed by atoms with Gasteiger partial charge in [0, 0.05) is 31.2 Å². The Labute approximate surface area is 125 Å². The van der Waals surface area contributed by atoms with Crippen LogP contribution in [-0.2, 0) is 4.79 Å². The lowest BCUT2D eigenvalue weighted by atomic mass is 10.2. The van der Waals surface area contributed by atoms with E-state index in [2.05, 4.69) is 11.9 Å². The molecular weight excluding hydrogens is 276 g/mol. The van der Waals surface area contributed by atoms with Crippen LogP contribution in [0.15, 0.2) is 24.3 Å². The average molecular weight is 297 g/mol. The number of piperazine rings is 1. The molecule has 0 radical (unpaired) electrons. The molecule has 1 aliphatic rings. The number of carbonyl (C=O) groups excluding carboxylic acids is 1. The number of hydrogen-bond acceptors (Lipinski definition) is 3. The van der Waals surface area contributed by atoms with Crippen molar-refractivity contribution in [3.63, 3.8) is 0 Å². The maximum absolute atomic E-state index is 12.5. The number of carbonyl (C=O) groups is 1. The monoisotopic (exact) mass is 296 g/mol. The Balaban J connectivity index is 1.99. The summed E-state index contributed by atoms with van der Waals surface area (Å²) in [6.07, 6.45) is 0.217. The Morgan fingerprint density at radius 2 is 2.05 bits per heavy atom. The number of hydrogen-bond donors (Lipinski definition) is 0. The van der Waals surface area contributed by atoms with Gasteiger partial charge in [0.15, 0.2) is 6.10 Å². The second-order valence-electron chi connectivity index (χ2n) is 5.10. The predicted octanol–water partition coefficient (Wildman–Crippen LogP) is 2.27. The zero-order valence-electron chi connectivity index (χ0n) is 12.0. The maximum Gasteiger partial charge on any atom is 0.263 e. The molecule has 1 aromatic rings. The van der Waals surface area contributed by atoms with Crippen LogP contribution in [0.2, 0.25) is 5.02 Å². The minimum absolute atomic E-state index is 0.0700. The SMILES string of the molecule is CC[C@H](Oc1cccc(Cl)c1)C(=O)N1CCN(C)CC1. The van der Waals surface area contributed by atoms with Crippen molar-refractivity contribution < 1.29 is 9.53 Å². The Hall–Kier alpha value is -1.26. The molecule has 5 heteroatoms. The Morgan fingerprint density at radius 1 is 1.35 bits per heavy atom. The van der Waals surface area contributed by atoms with E-state index in [-0.39, 0.29) is 5.91 Å². The molecule has 1 fully saturated rings. The molecule has 0 bridgehead atoms. The zero-order chi connectivity index (χ0) is 14.5. The van der Waals surface area contributed by atoms with E-state index >= 15 is 0 Å². The number of rotatable bonds is 4. The molecule has 4 nitrogen and oxygen atoms in total. The number of amides is 1. The smallest absolute Gasteiger partial charge is 0.263 e. The summed E-state index contributed by atoms with van der Waals surface area (Å²) in [5, 5.41) is 0.615. The Bertz CT molecular complexity index is 459. The number of ether oxygens (including phenoxy) is 1. The third kappa shape index (κ3) is 3.87. The summed E-state index contributed by atoms with van der Waals surface area (Å²) in [5.41, 5.74) is 0. The van der Waals surface area contributed by atoms with Gasteiger partial charge in [-0.1, -0.05) is 24.6 Å².